The predicted molar refractivity (Wildman–Crippen MR) is 58.6 cm³/mol. The number of fused-ring (bicyclic) bond motifs is 1. The number of carbonyl (C=O) groups excluding carboxylic acids is 1. The summed E-state index contributed by atoms with van der Waals surface area (Å²) in [4.78, 5) is 18.1. The van der Waals surface area contributed by atoms with E-state index in [0.29, 0.717) is 5.52 Å². The van der Waals surface area contributed by atoms with Crippen LogP contribution in [0.1, 0.15) is 24.1 Å². The second kappa shape index (κ2) is 4.22. The molecule has 1 heterocycles. The standard InChI is InChI=1S/C11H12N2O3/c1-3-16-11-12-8-6-4-5-7(9(8)13-11)10(14)15-2/h4-6H,3H2,1-2H3,(H,12,13)/i1D3,3D2. The van der Waals surface area contributed by atoms with Gasteiger partial charge in [0.1, 0.15) is 5.52 Å². The van der Waals surface area contributed by atoms with Gasteiger partial charge in [-0.3, -0.25) is 0 Å². The van der Waals surface area contributed by atoms with Crippen LogP contribution in [0.2, 0.25) is 0 Å². The largest absolute Gasteiger partial charge is 0.465 e. The van der Waals surface area contributed by atoms with E-state index in [0.717, 1.165) is 0 Å². The number of hydrogen-bond donors (Lipinski definition) is 1. The molecule has 0 aliphatic heterocycles. The van der Waals surface area contributed by atoms with Crippen molar-refractivity contribution in [2.45, 2.75) is 6.85 Å². The Morgan fingerprint density at radius 3 is 3.31 bits per heavy atom. The molecule has 0 amide bonds. The Balaban J connectivity index is 2.43. The van der Waals surface area contributed by atoms with Gasteiger partial charge >= 0.3 is 5.97 Å². The Kier molecular flexibility index (Phi) is 1.55. The lowest BCUT2D eigenvalue weighted by atomic mass is 10.2. The molecule has 1 aromatic carbocycles. The van der Waals surface area contributed by atoms with Gasteiger partial charge < -0.3 is 14.5 Å². The minimum Gasteiger partial charge on any atom is -0.465 e. The third-order valence-electron chi connectivity index (χ3n) is 2.04. The van der Waals surface area contributed by atoms with Crippen molar-refractivity contribution in [2.75, 3.05) is 13.7 Å². The van der Waals surface area contributed by atoms with Crippen molar-refractivity contribution in [1.82, 2.24) is 9.97 Å². The maximum atomic E-state index is 11.6. The number of ether oxygens (including phenoxy) is 2. The number of rotatable bonds is 3. The molecular formula is C11H12N2O3. The third-order valence-corrected chi connectivity index (χ3v) is 2.04. The molecule has 1 N–H and O–H groups in total. The number of aromatic nitrogens is 2. The van der Waals surface area contributed by atoms with Crippen LogP contribution in [0, 0.1) is 0 Å². The number of esters is 1. The molecule has 0 atom stereocenters. The SMILES string of the molecule is [2H]C([2H])([2H])C([2H])([2H])Oc1nc2c(C(=O)OC)cccc2[nH]1. The lowest BCUT2D eigenvalue weighted by Gasteiger charge is -1.98. The number of para-hydroxylation sites is 1. The highest BCUT2D eigenvalue weighted by Gasteiger charge is 2.13. The van der Waals surface area contributed by atoms with E-state index in [-0.39, 0.29) is 17.1 Å². The van der Waals surface area contributed by atoms with Gasteiger partial charge in [0.15, 0.2) is 0 Å². The molecule has 16 heavy (non-hydrogen) atoms. The molecule has 0 saturated heterocycles. The average Bonchev–Trinajstić information content (AvgIpc) is 2.77. The Labute approximate surface area is 99.4 Å². The van der Waals surface area contributed by atoms with Crippen molar-refractivity contribution in [3.8, 4) is 6.01 Å². The van der Waals surface area contributed by atoms with Crippen LogP contribution < -0.4 is 4.74 Å². The summed E-state index contributed by atoms with van der Waals surface area (Å²) in [6, 6.07) is 4.32. The Morgan fingerprint density at radius 2 is 2.56 bits per heavy atom. The molecule has 0 aliphatic rings. The van der Waals surface area contributed by atoms with Crippen LogP contribution in [0.4, 0.5) is 0 Å². The summed E-state index contributed by atoms with van der Waals surface area (Å²) in [7, 11) is 1.22. The number of benzene rings is 1. The molecular weight excluding hydrogens is 208 g/mol. The van der Waals surface area contributed by atoms with E-state index in [2.05, 4.69) is 14.7 Å². The van der Waals surface area contributed by atoms with Crippen molar-refractivity contribution >= 4 is 17.0 Å². The maximum absolute atomic E-state index is 11.6. The number of nitrogens with zero attached hydrogens (tertiary/aromatic N) is 1. The highest BCUT2D eigenvalue weighted by Crippen LogP contribution is 2.20. The van der Waals surface area contributed by atoms with E-state index >= 15 is 0 Å². The number of methoxy groups -OCH3 is 1. The first-order valence-electron chi connectivity index (χ1n) is 6.92. The first-order valence-corrected chi connectivity index (χ1v) is 4.42. The summed E-state index contributed by atoms with van der Waals surface area (Å²) >= 11 is 0. The van der Waals surface area contributed by atoms with Crippen molar-refractivity contribution in [3.63, 3.8) is 0 Å². The third kappa shape index (κ3) is 1.71. The fourth-order valence-electron chi connectivity index (χ4n) is 1.38. The fraction of sp³-hybridized carbons (Fsp3) is 0.273. The Hall–Kier alpha value is -2.04. The molecule has 84 valence electrons. The highest BCUT2D eigenvalue weighted by atomic mass is 16.5. The van der Waals surface area contributed by atoms with Crippen LogP contribution in [0.15, 0.2) is 18.2 Å². The molecule has 0 fully saturated rings. The molecule has 1 aromatic heterocycles. The average molecular weight is 225 g/mol. The van der Waals surface area contributed by atoms with Crippen LogP contribution in [-0.4, -0.2) is 29.6 Å². The first kappa shape index (κ1) is 5.89. The zero-order chi connectivity index (χ0) is 15.8. The number of aromatic amines is 1. The van der Waals surface area contributed by atoms with E-state index < -0.39 is 19.4 Å². The molecule has 0 radical (unpaired) electrons. The summed E-state index contributed by atoms with van der Waals surface area (Å²) in [5, 5.41) is 0. The first-order chi connectivity index (χ1) is 9.65. The minimum atomic E-state index is -2.98. The molecule has 0 saturated carbocycles. The van der Waals surface area contributed by atoms with Gasteiger partial charge in [-0.1, -0.05) is 6.07 Å². The number of H-pyrrole nitrogens is 1. The normalized spacial score (nSPS) is 16.7. The zero-order valence-electron chi connectivity index (χ0n) is 13.4. The van der Waals surface area contributed by atoms with E-state index in [1.807, 2.05) is 0 Å². The van der Waals surface area contributed by atoms with Gasteiger partial charge in [0.2, 0.25) is 0 Å². The summed E-state index contributed by atoms with van der Waals surface area (Å²) in [5.41, 5.74) is 0.769. The van der Waals surface area contributed by atoms with Crippen LogP contribution in [0.5, 0.6) is 6.01 Å². The number of carbonyl (C=O) groups is 1. The molecule has 0 unspecified atom stereocenters. The molecule has 5 heteroatoms. The predicted octanol–water partition coefficient (Wildman–Crippen LogP) is 1.75. The molecule has 0 spiro atoms. The smallest absolute Gasteiger partial charge is 0.340 e. The van der Waals surface area contributed by atoms with Crippen LogP contribution in [0.3, 0.4) is 0 Å². The molecule has 2 aromatic rings. The van der Waals surface area contributed by atoms with E-state index in [1.165, 1.54) is 13.2 Å². The van der Waals surface area contributed by atoms with Gasteiger partial charge in [0.05, 0.1) is 27.5 Å². The summed E-state index contributed by atoms with van der Waals surface area (Å²) in [6.07, 6.45) is 0. The highest BCUT2D eigenvalue weighted by molar-refractivity contribution is 6.02. The van der Waals surface area contributed by atoms with Crippen LogP contribution in [0.25, 0.3) is 11.0 Å². The number of imidazole rings is 1. The second-order valence-electron chi connectivity index (χ2n) is 2.94. The molecule has 0 aliphatic carbocycles. The summed E-state index contributed by atoms with van der Waals surface area (Å²) in [6.45, 7) is -5.89. The van der Waals surface area contributed by atoms with Gasteiger partial charge in [-0.05, 0) is 19.0 Å². The van der Waals surface area contributed by atoms with Crippen molar-refractivity contribution < 1.29 is 21.1 Å². The van der Waals surface area contributed by atoms with Gasteiger partial charge in [0, 0.05) is 4.11 Å². The van der Waals surface area contributed by atoms with E-state index in [4.69, 9.17) is 11.6 Å². The molecule has 2 rings (SSSR count). The van der Waals surface area contributed by atoms with Gasteiger partial charge in [0.25, 0.3) is 6.01 Å². The maximum Gasteiger partial charge on any atom is 0.340 e. The van der Waals surface area contributed by atoms with E-state index in [9.17, 15) is 4.79 Å². The second-order valence-corrected chi connectivity index (χ2v) is 2.94. The van der Waals surface area contributed by atoms with Crippen LogP contribution >= 0.6 is 0 Å². The summed E-state index contributed by atoms with van der Waals surface area (Å²) < 4.78 is 45.4. The topological polar surface area (TPSA) is 64.2 Å². The number of nitrogens with one attached hydrogen (secondary N) is 1. The lowest BCUT2D eigenvalue weighted by Crippen LogP contribution is -2.01. The molecule has 5 nitrogen and oxygen atoms in total. The van der Waals surface area contributed by atoms with Gasteiger partial charge in [-0.15, -0.1) is 0 Å². The van der Waals surface area contributed by atoms with Crippen LogP contribution in [-0.2, 0) is 4.74 Å². The summed E-state index contributed by atoms with van der Waals surface area (Å²) in [5.74, 6) is -0.613. The van der Waals surface area contributed by atoms with Crippen molar-refractivity contribution in [2.24, 2.45) is 0 Å². The lowest BCUT2D eigenvalue weighted by molar-refractivity contribution is 0.0603. The monoisotopic (exact) mass is 225 g/mol. The number of hydrogen-bond acceptors (Lipinski definition) is 4. The van der Waals surface area contributed by atoms with E-state index in [1.54, 1.807) is 12.1 Å². The van der Waals surface area contributed by atoms with Gasteiger partial charge in [-0.2, -0.15) is 4.98 Å². The zero-order valence-corrected chi connectivity index (χ0v) is 8.40. The molecule has 0 bridgehead atoms. The van der Waals surface area contributed by atoms with Crippen molar-refractivity contribution in [3.05, 3.63) is 23.8 Å². The minimum absolute atomic E-state index is 0.163. The Morgan fingerprint density at radius 1 is 1.69 bits per heavy atom. The van der Waals surface area contributed by atoms with Crippen molar-refractivity contribution in [1.29, 1.82) is 0 Å². The fourth-order valence-corrected chi connectivity index (χ4v) is 1.38. The van der Waals surface area contributed by atoms with Gasteiger partial charge in [-0.25, -0.2) is 4.79 Å². The Bertz CT molecular complexity index is 680. The quantitative estimate of drug-likeness (QED) is 0.808.